The van der Waals surface area contributed by atoms with Crippen molar-refractivity contribution in [3.8, 4) is 0 Å². The molecule has 3 atom stereocenters. The van der Waals surface area contributed by atoms with Gasteiger partial charge < -0.3 is 5.11 Å². The molecule has 0 spiro atoms. The second kappa shape index (κ2) is 5.65. The van der Waals surface area contributed by atoms with Crippen molar-refractivity contribution in [1.29, 1.82) is 0 Å². The van der Waals surface area contributed by atoms with Crippen LogP contribution in [0.2, 0.25) is 0 Å². The number of halogens is 3. The van der Waals surface area contributed by atoms with Gasteiger partial charge in [-0.2, -0.15) is 13.2 Å². The van der Waals surface area contributed by atoms with Gasteiger partial charge in [0.15, 0.2) is 0 Å². The van der Waals surface area contributed by atoms with Crippen molar-refractivity contribution in [2.75, 3.05) is 0 Å². The van der Waals surface area contributed by atoms with Crippen molar-refractivity contribution in [1.82, 2.24) is 0 Å². The molecule has 1 saturated carbocycles. The summed E-state index contributed by atoms with van der Waals surface area (Å²) in [6.45, 7) is 0. The number of hydrogen-bond donors (Lipinski definition) is 1. The zero-order chi connectivity index (χ0) is 15.0. The molecule has 0 radical (unpaired) electrons. The molecule has 114 valence electrons. The van der Waals surface area contributed by atoms with Crippen LogP contribution in [-0.4, -0.2) is 27.5 Å². The van der Waals surface area contributed by atoms with Gasteiger partial charge in [-0.25, -0.2) is 0 Å². The summed E-state index contributed by atoms with van der Waals surface area (Å²) in [6, 6.07) is 5.65. The Morgan fingerprint density at radius 2 is 2.10 bits per heavy atom. The van der Waals surface area contributed by atoms with Gasteiger partial charge in [0.25, 0.3) is 0 Å². The smallest absolute Gasteiger partial charge is 0.393 e. The Balaban J connectivity index is 1.70. The molecule has 3 rings (SSSR count). The van der Waals surface area contributed by atoms with Gasteiger partial charge in [-0.05, 0) is 30.9 Å². The standard InChI is InChI=1S/C15H16F3NOS/c16-15(17,18)10-3-1-2-9(6-10)7-14-19-12-5-4-11(20)8-13(12)21-14/h1-3,6,11-13,20H,4-5,7-8H2. The summed E-state index contributed by atoms with van der Waals surface area (Å²) in [4.78, 5) is 4.62. The second-order valence-corrected chi connectivity index (χ2v) is 6.90. The Kier molecular flexibility index (Phi) is 4.01. The number of aliphatic hydroxyl groups is 1. The average molecular weight is 315 g/mol. The number of benzene rings is 1. The van der Waals surface area contributed by atoms with E-state index in [2.05, 4.69) is 4.99 Å². The van der Waals surface area contributed by atoms with Crippen LogP contribution in [0.4, 0.5) is 13.2 Å². The molecule has 1 heterocycles. The highest BCUT2D eigenvalue weighted by molar-refractivity contribution is 8.14. The topological polar surface area (TPSA) is 32.6 Å². The number of alkyl halides is 3. The summed E-state index contributed by atoms with van der Waals surface area (Å²) in [5.74, 6) is 0. The molecular formula is C15H16F3NOS. The SMILES string of the molecule is OC1CCC2N=C(Cc3cccc(C(F)(F)F)c3)SC2C1. The van der Waals surface area contributed by atoms with Crippen molar-refractivity contribution in [3.63, 3.8) is 0 Å². The minimum atomic E-state index is -4.31. The lowest BCUT2D eigenvalue weighted by Gasteiger charge is -2.26. The van der Waals surface area contributed by atoms with Crippen LogP contribution in [0.1, 0.15) is 30.4 Å². The number of nitrogens with zero attached hydrogens (tertiary/aromatic N) is 1. The molecule has 1 aliphatic heterocycles. The van der Waals surface area contributed by atoms with Crippen molar-refractivity contribution in [3.05, 3.63) is 35.4 Å². The lowest BCUT2D eigenvalue weighted by atomic mass is 9.93. The van der Waals surface area contributed by atoms with Crippen LogP contribution in [0, 0.1) is 0 Å². The third-order valence-electron chi connectivity index (χ3n) is 3.94. The van der Waals surface area contributed by atoms with Crippen LogP contribution in [-0.2, 0) is 12.6 Å². The van der Waals surface area contributed by atoms with E-state index in [1.54, 1.807) is 17.8 Å². The zero-order valence-electron chi connectivity index (χ0n) is 11.3. The Bertz CT molecular complexity index is 558. The highest BCUT2D eigenvalue weighted by atomic mass is 32.2. The van der Waals surface area contributed by atoms with Gasteiger partial charge in [0.1, 0.15) is 0 Å². The normalized spacial score (nSPS) is 29.1. The van der Waals surface area contributed by atoms with Crippen LogP contribution in [0.5, 0.6) is 0 Å². The van der Waals surface area contributed by atoms with Gasteiger partial charge in [-0.3, -0.25) is 4.99 Å². The third kappa shape index (κ3) is 3.43. The van der Waals surface area contributed by atoms with Gasteiger partial charge >= 0.3 is 6.18 Å². The quantitative estimate of drug-likeness (QED) is 0.903. The molecule has 3 unspecified atom stereocenters. The van der Waals surface area contributed by atoms with Gasteiger partial charge in [-0.1, -0.05) is 18.2 Å². The number of aliphatic hydroxyl groups excluding tert-OH is 1. The molecule has 1 aromatic carbocycles. The van der Waals surface area contributed by atoms with Crippen molar-refractivity contribution in [2.45, 2.75) is 49.3 Å². The fourth-order valence-electron chi connectivity index (χ4n) is 2.88. The molecule has 21 heavy (non-hydrogen) atoms. The predicted molar refractivity (Wildman–Crippen MR) is 77.6 cm³/mol. The Morgan fingerprint density at radius 1 is 1.29 bits per heavy atom. The van der Waals surface area contributed by atoms with Crippen molar-refractivity contribution in [2.24, 2.45) is 4.99 Å². The largest absolute Gasteiger partial charge is 0.416 e. The van der Waals surface area contributed by atoms with E-state index >= 15 is 0 Å². The molecule has 2 nitrogen and oxygen atoms in total. The highest BCUT2D eigenvalue weighted by Crippen LogP contribution is 2.38. The van der Waals surface area contributed by atoms with Gasteiger partial charge in [0, 0.05) is 11.7 Å². The fourth-order valence-corrected chi connectivity index (χ4v) is 4.34. The first kappa shape index (κ1) is 14.9. The molecule has 2 aliphatic rings. The highest BCUT2D eigenvalue weighted by Gasteiger charge is 2.35. The van der Waals surface area contributed by atoms with E-state index in [-0.39, 0.29) is 17.4 Å². The van der Waals surface area contributed by atoms with E-state index in [1.807, 2.05) is 0 Å². The van der Waals surface area contributed by atoms with E-state index < -0.39 is 11.7 Å². The van der Waals surface area contributed by atoms with Crippen LogP contribution in [0.3, 0.4) is 0 Å². The summed E-state index contributed by atoms with van der Waals surface area (Å²) in [6.07, 6.45) is -1.77. The van der Waals surface area contributed by atoms with Gasteiger partial charge in [0.2, 0.25) is 0 Å². The van der Waals surface area contributed by atoms with Gasteiger partial charge in [-0.15, -0.1) is 11.8 Å². The lowest BCUT2D eigenvalue weighted by Crippen LogP contribution is -2.30. The maximum absolute atomic E-state index is 12.7. The minimum Gasteiger partial charge on any atom is -0.393 e. The van der Waals surface area contributed by atoms with E-state index in [9.17, 15) is 18.3 Å². The predicted octanol–water partition coefficient (Wildman–Crippen LogP) is 3.68. The molecule has 1 aromatic rings. The zero-order valence-corrected chi connectivity index (χ0v) is 12.1. The van der Waals surface area contributed by atoms with Crippen LogP contribution in [0.15, 0.2) is 29.3 Å². The Labute approximate surface area is 125 Å². The molecule has 0 bridgehead atoms. The van der Waals surface area contributed by atoms with Crippen LogP contribution >= 0.6 is 11.8 Å². The minimum absolute atomic E-state index is 0.221. The molecule has 6 heteroatoms. The molecule has 1 fully saturated rings. The first-order valence-corrected chi connectivity index (χ1v) is 7.87. The molecule has 0 amide bonds. The number of hydrogen-bond acceptors (Lipinski definition) is 3. The number of rotatable bonds is 2. The second-order valence-electron chi connectivity index (χ2n) is 5.59. The molecule has 0 aromatic heterocycles. The number of fused-ring (bicyclic) bond motifs is 1. The molecule has 1 N–H and O–H groups in total. The molecule has 1 aliphatic carbocycles. The first-order valence-electron chi connectivity index (χ1n) is 6.99. The van der Waals surface area contributed by atoms with E-state index in [0.717, 1.165) is 30.4 Å². The maximum Gasteiger partial charge on any atom is 0.416 e. The van der Waals surface area contributed by atoms with Crippen molar-refractivity contribution < 1.29 is 18.3 Å². The van der Waals surface area contributed by atoms with E-state index in [0.29, 0.717) is 12.0 Å². The Hall–Kier alpha value is -1.01. The maximum atomic E-state index is 12.7. The summed E-state index contributed by atoms with van der Waals surface area (Å²) in [5.41, 5.74) is 0.0201. The monoisotopic (exact) mass is 315 g/mol. The van der Waals surface area contributed by atoms with Gasteiger partial charge in [0.05, 0.1) is 22.8 Å². The lowest BCUT2D eigenvalue weighted by molar-refractivity contribution is -0.137. The molecular weight excluding hydrogens is 299 g/mol. The summed E-state index contributed by atoms with van der Waals surface area (Å²) in [7, 11) is 0. The summed E-state index contributed by atoms with van der Waals surface area (Å²) in [5, 5.41) is 10.8. The molecule has 0 saturated heterocycles. The third-order valence-corrected chi connectivity index (χ3v) is 5.27. The van der Waals surface area contributed by atoms with E-state index in [1.165, 1.54) is 12.1 Å². The first-order chi connectivity index (χ1) is 9.91. The number of aliphatic imine (C=N–C) groups is 1. The van der Waals surface area contributed by atoms with Crippen LogP contribution in [0.25, 0.3) is 0 Å². The average Bonchev–Trinajstić information content (AvgIpc) is 2.79. The number of thioether (sulfide) groups is 1. The van der Waals surface area contributed by atoms with Crippen LogP contribution < -0.4 is 0 Å². The fraction of sp³-hybridized carbons (Fsp3) is 0.533. The Morgan fingerprint density at radius 3 is 2.86 bits per heavy atom. The summed E-state index contributed by atoms with van der Waals surface area (Å²) < 4.78 is 38.1. The summed E-state index contributed by atoms with van der Waals surface area (Å²) >= 11 is 1.62. The van der Waals surface area contributed by atoms with E-state index in [4.69, 9.17) is 0 Å². The van der Waals surface area contributed by atoms with Crippen molar-refractivity contribution >= 4 is 16.8 Å².